The van der Waals surface area contributed by atoms with E-state index < -0.39 is 0 Å². The SMILES string of the molecule is c1nc(NCc2ccc(-c3ccsc3)cc2)c2ncn(C3CCCC3)c2n1. The van der Waals surface area contributed by atoms with Crippen LogP contribution in [0.5, 0.6) is 0 Å². The minimum atomic E-state index is 0.530. The Morgan fingerprint density at radius 2 is 1.85 bits per heavy atom. The molecule has 27 heavy (non-hydrogen) atoms. The fourth-order valence-corrected chi connectivity index (χ4v) is 4.53. The van der Waals surface area contributed by atoms with E-state index in [1.807, 2.05) is 6.33 Å². The number of thiophene rings is 1. The van der Waals surface area contributed by atoms with E-state index in [4.69, 9.17) is 0 Å². The first-order chi connectivity index (χ1) is 13.4. The summed E-state index contributed by atoms with van der Waals surface area (Å²) in [5.74, 6) is 0.804. The fourth-order valence-electron chi connectivity index (χ4n) is 3.86. The Kier molecular flexibility index (Phi) is 4.33. The van der Waals surface area contributed by atoms with Crippen LogP contribution in [0.25, 0.3) is 22.3 Å². The molecule has 0 atom stereocenters. The van der Waals surface area contributed by atoms with Crippen LogP contribution < -0.4 is 5.32 Å². The number of nitrogens with zero attached hydrogens (tertiary/aromatic N) is 4. The first kappa shape index (κ1) is 16.4. The number of fused-ring (bicyclic) bond motifs is 1. The lowest BCUT2D eigenvalue weighted by Crippen LogP contribution is -2.05. The van der Waals surface area contributed by atoms with Gasteiger partial charge >= 0.3 is 0 Å². The lowest BCUT2D eigenvalue weighted by molar-refractivity contribution is 0.529. The molecule has 1 aliphatic carbocycles. The molecule has 0 amide bonds. The molecule has 136 valence electrons. The van der Waals surface area contributed by atoms with Crippen molar-refractivity contribution >= 4 is 28.3 Å². The third kappa shape index (κ3) is 3.21. The third-order valence-corrected chi connectivity index (χ3v) is 6.03. The van der Waals surface area contributed by atoms with Gasteiger partial charge in [-0.3, -0.25) is 0 Å². The summed E-state index contributed by atoms with van der Waals surface area (Å²) in [5.41, 5.74) is 5.54. The molecule has 0 saturated heterocycles. The van der Waals surface area contributed by atoms with Gasteiger partial charge in [0, 0.05) is 12.6 Å². The molecule has 0 bridgehead atoms. The van der Waals surface area contributed by atoms with E-state index in [1.165, 1.54) is 42.4 Å². The van der Waals surface area contributed by atoms with Gasteiger partial charge in [-0.25, -0.2) is 15.0 Å². The lowest BCUT2D eigenvalue weighted by atomic mass is 10.1. The van der Waals surface area contributed by atoms with Crippen LogP contribution in [0.3, 0.4) is 0 Å². The van der Waals surface area contributed by atoms with E-state index in [2.05, 4.69) is 65.9 Å². The van der Waals surface area contributed by atoms with Crippen LogP contribution in [0.15, 0.2) is 53.7 Å². The van der Waals surface area contributed by atoms with Gasteiger partial charge in [-0.2, -0.15) is 11.3 Å². The van der Waals surface area contributed by atoms with Crippen molar-refractivity contribution in [2.24, 2.45) is 0 Å². The summed E-state index contributed by atoms with van der Waals surface area (Å²) in [7, 11) is 0. The van der Waals surface area contributed by atoms with E-state index in [0.717, 1.165) is 17.0 Å². The highest BCUT2D eigenvalue weighted by Gasteiger charge is 2.20. The number of imidazole rings is 1. The standard InChI is InChI=1S/C21H21N5S/c1-2-4-18(3-1)26-14-25-19-20(23-13-24-21(19)26)22-11-15-5-7-16(8-6-15)17-9-10-27-12-17/h5-10,12-14,18H,1-4,11H2,(H,22,23,24). The van der Waals surface area contributed by atoms with Gasteiger partial charge in [0.2, 0.25) is 0 Å². The molecular weight excluding hydrogens is 354 g/mol. The Labute approximate surface area is 162 Å². The predicted octanol–water partition coefficient (Wildman–Crippen LogP) is 5.28. The first-order valence-electron chi connectivity index (χ1n) is 9.41. The second-order valence-electron chi connectivity index (χ2n) is 7.05. The van der Waals surface area contributed by atoms with Gasteiger partial charge in [0.25, 0.3) is 0 Å². The van der Waals surface area contributed by atoms with E-state index in [1.54, 1.807) is 17.7 Å². The maximum atomic E-state index is 4.60. The average Bonchev–Trinajstić information content (AvgIpc) is 3.47. The zero-order chi connectivity index (χ0) is 18.1. The highest BCUT2D eigenvalue weighted by molar-refractivity contribution is 7.08. The predicted molar refractivity (Wildman–Crippen MR) is 110 cm³/mol. The molecule has 0 radical (unpaired) electrons. The van der Waals surface area contributed by atoms with E-state index in [9.17, 15) is 0 Å². The molecule has 0 spiro atoms. The lowest BCUT2D eigenvalue weighted by Gasteiger charge is -2.11. The smallest absolute Gasteiger partial charge is 0.165 e. The molecule has 1 aliphatic rings. The van der Waals surface area contributed by atoms with Crippen molar-refractivity contribution in [3.05, 3.63) is 59.3 Å². The summed E-state index contributed by atoms with van der Waals surface area (Å²) in [6, 6.07) is 11.3. The summed E-state index contributed by atoms with van der Waals surface area (Å²) < 4.78 is 2.23. The Hall–Kier alpha value is -2.73. The molecule has 1 N–H and O–H groups in total. The minimum absolute atomic E-state index is 0.530. The molecule has 1 aromatic carbocycles. The van der Waals surface area contributed by atoms with Crippen molar-refractivity contribution in [1.29, 1.82) is 0 Å². The molecule has 5 rings (SSSR count). The number of nitrogens with one attached hydrogen (secondary N) is 1. The van der Waals surface area contributed by atoms with Crippen LogP contribution in [-0.2, 0) is 6.54 Å². The van der Waals surface area contributed by atoms with Gasteiger partial charge < -0.3 is 9.88 Å². The van der Waals surface area contributed by atoms with Gasteiger partial charge in [0.05, 0.1) is 6.33 Å². The van der Waals surface area contributed by atoms with Crippen molar-refractivity contribution in [3.63, 3.8) is 0 Å². The topological polar surface area (TPSA) is 55.6 Å². The first-order valence-corrected chi connectivity index (χ1v) is 10.4. The maximum absolute atomic E-state index is 4.60. The Morgan fingerprint density at radius 3 is 2.63 bits per heavy atom. The van der Waals surface area contributed by atoms with Crippen LogP contribution in [0, 0.1) is 0 Å². The highest BCUT2D eigenvalue weighted by Crippen LogP contribution is 2.32. The molecule has 1 saturated carbocycles. The molecule has 0 aliphatic heterocycles. The van der Waals surface area contributed by atoms with Crippen LogP contribution in [0.4, 0.5) is 5.82 Å². The molecule has 3 heterocycles. The van der Waals surface area contributed by atoms with E-state index in [-0.39, 0.29) is 0 Å². The van der Waals surface area contributed by atoms with Gasteiger partial charge in [-0.05, 0) is 46.4 Å². The second kappa shape index (κ2) is 7.12. The van der Waals surface area contributed by atoms with Crippen LogP contribution in [-0.4, -0.2) is 19.5 Å². The Balaban J connectivity index is 1.34. The van der Waals surface area contributed by atoms with E-state index >= 15 is 0 Å². The van der Waals surface area contributed by atoms with Crippen LogP contribution >= 0.6 is 11.3 Å². The van der Waals surface area contributed by atoms with Crippen LogP contribution in [0.1, 0.15) is 37.3 Å². The normalized spacial score (nSPS) is 14.8. The number of anilines is 1. The molecule has 1 fully saturated rings. The zero-order valence-corrected chi connectivity index (χ0v) is 15.8. The average molecular weight is 376 g/mol. The monoisotopic (exact) mass is 375 g/mol. The maximum Gasteiger partial charge on any atom is 0.165 e. The Morgan fingerprint density at radius 1 is 1.00 bits per heavy atom. The van der Waals surface area contributed by atoms with Crippen molar-refractivity contribution in [2.45, 2.75) is 38.3 Å². The van der Waals surface area contributed by atoms with Gasteiger partial charge in [-0.15, -0.1) is 0 Å². The number of hydrogen-bond donors (Lipinski definition) is 1. The summed E-state index contributed by atoms with van der Waals surface area (Å²) in [6.07, 6.45) is 8.58. The van der Waals surface area contributed by atoms with Crippen LogP contribution in [0.2, 0.25) is 0 Å². The fraction of sp³-hybridized carbons (Fsp3) is 0.286. The van der Waals surface area contributed by atoms with Crippen molar-refractivity contribution in [2.75, 3.05) is 5.32 Å². The summed E-state index contributed by atoms with van der Waals surface area (Å²) in [6.45, 7) is 0.715. The largest absolute Gasteiger partial charge is 0.364 e. The highest BCUT2D eigenvalue weighted by atomic mass is 32.1. The second-order valence-corrected chi connectivity index (χ2v) is 7.83. The number of aromatic nitrogens is 4. The molecule has 4 aromatic rings. The zero-order valence-electron chi connectivity index (χ0n) is 15.0. The molecule has 5 nitrogen and oxygen atoms in total. The van der Waals surface area contributed by atoms with Crippen molar-refractivity contribution in [1.82, 2.24) is 19.5 Å². The summed E-state index contributed by atoms with van der Waals surface area (Å²) in [5, 5.41) is 7.72. The van der Waals surface area contributed by atoms with Gasteiger partial charge in [-0.1, -0.05) is 37.1 Å². The molecule has 0 unspecified atom stereocenters. The van der Waals surface area contributed by atoms with Gasteiger partial charge in [0.15, 0.2) is 11.5 Å². The summed E-state index contributed by atoms with van der Waals surface area (Å²) in [4.78, 5) is 13.5. The third-order valence-electron chi connectivity index (χ3n) is 5.35. The summed E-state index contributed by atoms with van der Waals surface area (Å²) >= 11 is 1.72. The Bertz CT molecular complexity index is 1030. The van der Waals surface area contributed by atoms with Crippen molar-refractivity contribution in [3.8, 4) is 11.1 Å². The molecule has 6 heteroatoms. The quantitative estimate of drug-likeness (QED) is 0.515. The van der Waals surface area contributed by atoms with E-state index in [0.29, 0.717) is 12.6 Å². The molecule has 3 aromatic heterocycles. The minimum Gasteiger partial charge on any atom is -0.364 e. The van der Waals surface area contributed by atoms with Gasteiger partial charge in [0.1, 0.15) is 11.8 Å². The molecular formula is C21H21N5S. The number of hydrogen-bond acceptors (Lipinski definition) is 5. The number of rotatable bonds is 5. The number of benzene rings is 1. The van der Waals surface area contributed by atoms with Crippen molar-refractivity contribution < 1.29 is 0 Å².